The first-order valence-corrected chi connectivity index (χ1v) is 5.41. The van der Waals surface area contributed by atoms with Gasteiger partial charge in [0.15, 0.2) is 6.10 Å². The maximum atomic E-state index is 11.7. The number of aryl methyl sites for hydroxylation is 1. The van der Waals surface area contributed by atoms with Gasteiger partial charge in [-0.15, -0.1) is 0 Å². The van der Waals surface area contributed by atoms with Gasteiger partial charge in [0.05, 0.1) is 6.54 Å². The maximum Gasteiger partial charge on any atom is 0.334 e. The van der Waals surface area contributed by atoms with Crippen LogP contribution in [0.15, 0.2) is 24.3 Å². The van der Waals surface area contributed by atoms with Gasteiger partial charge in [0.2, 0.25) is 0 Å². The second-order valence-corrected chi connectivity index (χ2v) is 3.94. The Bertz CT molecular complexity index is 447. The maximum absolute atomic E-state index is 11.7. The predicted octanol–water partition coefficient (Wildman–Crippen LogP) is 0.586. The van der Waals surface area contributed by atoms with Crippen LogP contribution in [0.2, 0.25) is 0 Å². The Morgan fingerprint density at radius 1 is 1.44 bits per heavy atom. The molecule has 1 atom stereocenters. The lowest BCUT2D eigenvalue weighted by molar-refractivity contribution is -0.146. The summed E-state index contributed by atoms with van der Waals surface area (Å²) in [5.74, 6) is -1.37. The molecule has 0 aliphatic heterocycles. The molecule has 18 heavy (non-hydrogen) atoms. The number of carboxylic acids is 1. The van der Waals surface area contributed by atoms with E-state index in [4.69, 9.17) is 10.2 Å². The standard InChI is InChI=1S/C12H16N2O4/c1-8-4-3-5-9(6-8)14(2)12(18)13-7-10(15)11(16)17/h3-6,10,15H,7H2,1-2H3,(H,13,18)(H,16,17)/t10-/m0/s1. The molecule has 0 fully saturated rings. The van der Waals surface area contributed by atoms with Crippen molar-refractivity contribution in [2.75, 3.05) is 18.5 Å². The monoisotopic (exact) mass is 252 g/mol. The van der Waals surface area contributed by atoms with Gasteiger partial charge < -0.3 is 15.5 Å². The van der Waals surface area contributed by atoms with Crippen molar-refractivity contribution < 1.29 is 19.8 Å². The highest BCUT2D eigenvalue weighted by Gasteiger charge is 2.16. The van der Waals surface area contributed by atoms with Gasteiger partial charge in [0.25, 0.3) is 0 Å². The third-order valence-corrected chi connectivity index (χ3v) is 2.43. The fraction of sp³-hybridized carbons (Fsp3) is 0.333. The molecule has 0 heterocycles. The second-order valence-electron chi connectivity index (χ2n) is 3.94. The van der Waals surface area contributed by atoms with Crippen molar-refractivity contribution in [1.29, 1.82) is 0 Å². The number of hydrogen-bond donors (Lipinski definition) is 3. The summed E-state index contributed by atoms with van der Waals surface area (Å²) in [4.78, 5) is 23.4. The van der Waals surface area contributed by atoms with Crippen LogP contribution < -0.4 is 10.2 Å². The van der Waals surface area contributed by atoms with Crippen LogP contribution in [0.5, 0.6) is 0 Å². The Balaban J connectivity index is 2.59. The van der Waals surface area contributed by atoms with Gasteiger partial charge >= 0.3 is 12.0 Å². The van der Waals surface area contributed by atoms with Crippen molar-refractivity contribution in [2.45, 2.75) is 13.0 Å². The minimum atomic E-state index is -1.60. The Hall–Kier alpha value is -2.08. The lowest BCUT2D eigenvalue weighted by atomic mass is 10.2. The highest BCUT2D eigenvalue weighted by molar-refractivity contribution is 5.91. The van der Waals surface area contributed by atoms with Crippen molar-refractivity contribution in [1.82, 2.24) is 5.32 Å². The van der Waals surface area contributed by atoms with E-state index in [-0.39, 0.29) is 6.54 Å². The van der Waals surface area contributed by atoms with Crippen molar-refractivity contribution >= 4 is 17.7 Å². The summed E-state index contributed by atoms with van der Waals surface area (Å²) in [5.41, 5.74) is 1.70. The Morgan fingerprint density at radius 2 is 2.11 bits per heavy atom. The quantitative estimate of drug-likeness (QED) is 0.731. The molecule has 1 aromatic carbocycles. The normalized spacial score (nSPS) is 11.7. The number of carbonyl (C=O) groups is 2. The number of hydrogen-bond acceptors (Lipinski definition) is 3. The van der Waals surface area contributed by atoms with Gasteiger partial charge in [-0.3, -0.25) is 4.90 Å². The molecular weight excluding hydrogens is 236 g/mol. The number of aliphatic hydroxyl groups excluding tert-OH is 1. The summed E-state index contributed by atoms with van der Waals surface area (Å²) >= 11 is 0. The molecule has 0 spiro atoms. The molecule has 1 rings (SSSR count). The van der Waals surface area contributed by atoms with E-state index in [0.29, 0.717) is 5.69 Å². The molecule has 1 aromatic rings. The molecule has 2 amide bonds. The summed E-state index contributed by atoms with van der Waals surface area (Å²) < 4.78 is 0. The number of carbonyl (C=O) groups excluding carboxylic acids is 1. The van der Waals surface area contributed by atoms with E-state index in [1.807, 2.05) is 25.1 Å². The number of aliphatic carboxylic acids is 1. The van der Waals surface area contributed by atoms with Crippen molar-refractivity contribution in [3.8, 4) is 0 Å². The molecule has 0 aliphatic carbocycles. The highest BCUT2D eigenvalue weighted by Crippen LogP contribution is 2.13. The second kappa shape index (κ2) is 6.02. The Labute approximate surface area is 105 Å². The summed E-state index contributed by atoms with van der Waals surface area (Å²) in [6.45, 7) is 1.58. The third-order valence-electron chi connectivity index (χ3n) is 2.43. The predicted molar refractivity (Wildman–Crippen MR) is 66.6 cm³/mol. The Morgan fingerprint density at radius 3 is 2.67 bits per heavy atom. The average Bonchev–Trinajstić information content (AvgIpc) is 2.34. The molecule has 0 unspecified atom stereocenters. The number of benzene rings is 1. The number of anilines is 1. The minimum Gasteiger partial charge on any atom is -0.479 e. The molecule has 3 N–H and O–H groups in total. The lowest BCUT2D eigenvalue weighted by Crippen LogP contribution is -2.43. The van der Waals surface area contributed by atoms with Crippen LogP contribution in [0, 0.1) is 6.92 Å². The molecule has 0 aromatic heterocycles. The van der Waals surface area contributed by atoms with Gasteiger partial charge in [0, 0.05) is 12.7 Å². The molecule has 0 radical (unpaired) electrons. The number of aliphatic hydroxyl groups is 1. The summed E-state index contributed by atoms with van der Waals surface area (Å²) in [6.07, 6.45) is -1.60. The molecule has 6 heteroatoms. The van der Waals surface area contributed by atoms with Crippen LogP contribution in [0.1, 0.15) is 5.56 Å². The van der Waals surface area contributed by atoms with Gasteiger partial charge in [-0.25, -0.2) is 9.59 Å². The number of carboxylic acid groups (broad SMARTS) is 1. The van der Waals surface area contributed by atoms with Crippen LogP contribution in [0.3, 0.4) is 0 Å². The third kappa shape index (κ3) is 3.74. The first-order chi connectivity index (χ1) is 8.41. The summed E-state index contributed by atoms with van der Waals surface area (Å²) in [6, 6.07) is 6.85. The van der Waals surface area contributed by atoms with Gasteiger partial charge in [0.1, 0.15) is 0 Å². The zero-order valence-corrected chi connectivity index (χ0v) is 10.3. The molecule has 0 bridgehead atoms. The first-order valence-electron chi connectivity index (χ1n) is 5.41. The fourth-order valence-corrected chi connectivity index (χ4v) is 1.34. The van der Waals surface area contributed by atoms with Crippen LogP contribution in [-0.2, 0) is 4.79 Å². The van der Waals surface area contributed by atoms with Crippen molar-refractivity contribution in [3.05, 3.63) is 29.8 Å². The van der Waals surface area contributed by atoms with Crippen molar-refractivity contribution in [3.63, 3.8) is 0 Å². The van der Waals surface area contributed by atoms with Crippen LogP contribution >= 0.6 is 0 Å². The van der Waals surface area contributed by atoms with E-state index in [1.165, 1.54) is 4.90 Å². The number of nitrogens with zero attached hydrogens (tertiary/aromatic N) is 1. The highest BCUT2D eigenvalue weighted by atomic mass is 16.4. The molecule has 0 saturated heterocycles. The van der Waals surface area contributed by atoms with E-state index < -0.39 is 18.1 Å². The number of rotatable bonds is 4. The molecule has 0 aliphatic rings. The van der Waals surface area contributed by atoms with E-state index in [1.54, 1.807) is 13.1 Å². The summed E-state index contributed by atoms with van der Waals surface area (Å²) in [7, 11) is 1.57. The topological polar surface area (TPSA) is 89.9 Å². The molecule has 0 saturated carbocycles. The Kier molecular flexibility index (Phi) is 4.67. The lowest BCUT2D eigenvalue weighted by Gasteiger charge is -2.19. The zero-order chi connectivity index (χ0) is 13.7. The van der Waals surface area contributed by atoms with Crippen LogP contribution in [0.25, 0.3) is 0 Å². The SMILES string of the molecule is Cc1cccc(N(C)C(=O)NC[C@H](O)C(=O)O)c1. The van der Waals surface area contributed by atoms with E-state index in [2.05, 4.69) is 5.32 Å². The summed E-state index contributed by atoms with van der Waals surface area (Å²) in [5, 5.41) is 19.8. The minimum absolute atomic E-state index is 0.329. The van der Waals surface area contributed by atoms with Gasteiger partial charge in [-0.2, -0.15) is 0 Å². The average molecular weight is 252 g/mol. The van der Waals surface area contributed by atoms with Crippen LogP contribution in [0.4, 0.5) is 10.5 Å². The zero-order valence-electron chi connectivity index (χ0n) is 10.3. The van der Waals surface area contributed by atoms with E-state index in [9.17, 15) is 9.59 Å². The van der Waals surface area contributed by atoms with E-state index >= 15 is 0 Å². The smallest absolute Gasteiger partial charge is 0.334 e. The number of urea groups is 1. The number of nitrogens with one attached hydrogen (secondary N) is 1. The largest absolute Gasteiger partial charge is 0.479 e. The fourth-order valence-electron chi connectivity index (χ4n) is 1.34. The first kappa shape index (κ1) is 14.0. The van der Waals surface area contributed by atoms with Gasteiger partial charge in [-0.05, 0) is 24.6 Å². The molecule has 6 nitrogen and oxygen atoms in total. The van der Waals surface area contributed by atoms with Crippen LogP contribution in [-0.4, -0.2) is 41.9 Å². The number of amides is 2. The van der Waals surface area contributed by atoms with Gasteiger partial charge in [-0.1, -0.05) is 12.1 Å². The van der Waals surface area contributed by atoms with Crippen molar-refractivity contribution in [2.24, 2.45) is 0 Å². The van der Waals surface area contributed by atoms with E-state index in [0.717, 1.165) is 5.56 Å². The molecular formula is C12H16N2O4. The molecule has 98 valence electrons.